The van der Waals surface area contributed by atoms with E-state index in [1.807, 2.05) is 0 Å². The largest absolute Gasteiger partial charge is 0.300 e. The van der Waals surface area contributed by atoms with Crippen LogP contribution in [0.4, 0.5) is 0 Å². The van der Waals surface area contributed by atoms with Crippen molar-refractivity contribution in [1.29, 1.82) is 0 Å². The molecule has 1 nitrogen and oxygen atoms in total. The maximum atomic E-state index is 2.61. The van der Waals surface area contributed by atoms with Crippen LogP contribution in [0.25, 0.3) is 0 Å². The third kappa shape index (κ3) is 0.731. The molecule has 0 aromatic rings. The van der Waals surface area contributed by atoms with Crippen LogP contribution in [0.2, 0.25) is 0 Å². The Hall–Kier alpha value is -0.0400. The Morgan fingerprint density at radius 2 is 2.20 bits per heavy atom. The molecule has 2 rings (SSSR count). The molecular formula is C9H17N. The summed E-state index contributed by atoms with van der Waals surface area (Å²) in [5.41, 5.74) is 0. The topological polar surface area (TPSA) is 3.24 Å². The lowest BCUT2D eigenvalue weighted by Crippen LogP contribution is -2.36. The van der Waals surface area contributed by atoms with Gasteiger partial charge in [0, 0.05) is 12.1 Å². The highest BCUT2D eigenvalue weighted by Crippen LogP contribution is 2.42. The second-order valence-electron chi connectivity index (χ2n) is 3.87. The highest BCUT2D eigenvalue weighted by Gasteiger charge is 2.42. The smallest absolute Gasteiger partial charge is 0.0121 e. The first-order valence-corrected chi connectivity index (χ1v) is 4.55. The molecule has 1 heteroatoms. The number of nitrogens with zero attached hydrogens (tertiary/aromatic N) is 1. The molecule has 1 aliphatic heterocycles. The van der Waals surface area contributed by atoms with E-state index in [0.29, 0.717) is 0 Å². The molecule has 2 bridgehead atoms. The predicted octanol–water partition coefficient (Wildman–Crippen LogP) is 1.88. The SMILES string of the molecule is CCC1[C@H]2CC[C@H](C2)N1C. The van der Waals surface area contributed by atoms with Gasteiger partial charge in [0.2, 0.25) is 0 Å². The molecule has 0 N–H and O–H groups in total. The average molecular weight is 139 g/mol. The first-order valence-electron chi connectivity index (χ1n) is 4.55. The van der Waals surface area contributed by atoms with Crippen LogP contribution in [-0.2, 0) is 0 Å². The minimum Gasteiger partial charge on any atom is -0.300 e. The molecule has 1 unspecified atom stereocenters. The molecule has 0 amide bonds. The second kappa shape index (κ2) is 2.23. The highest BCUT2D eigenvalue weighted by atomic mass is 15.2. The third-order valence-electron chi connectivity index (χ3n) is 3.51. The summed E-state index contributed by atoms with van der Waals surface area (Å²) in [6, 6.07) is 1.88. The first kappa shape index (κ1) is 6.66. The number of piperidine rings is 1. The van der Waals surface area contributed by atoms with Gasteiger partial charge in [0.1, 0.15) is 0 Å². The van der Waals surface area contributed by atoms with E-state index in [2.05, 4.69) is 18.9 Å². The standard InChI is InChI=1S/C9H17N/c1-3-9-7-4-5-8(6-7)10(9)2/h7-9H,3-6H2,1-2H3/t7-,8+,9?/m0/s1. The molecule has 1 saturated heterocycles. The van der Waals surface area contributed by atoms with Gasteiger partial charge >= 0.3 is 0 Å². The molecule has 1 heterocycles. The lowest BCUT2D eigenvalue weighted by molar-refractivity contribution is 0.171. The predicted molar refractivity (Wildman–Crippen MR) is 43.0 cm³/mol. The summed E-state index contributed by atoms with van der Waals surface area (Å²) in [4.78, 5) is 2.61. The molecule has 0 radical (unpaired) electrons. The zero-order valence-corrected chi connectivity index (χ0v) is 7.01. The molecule has 0 aromatic heterocycles. The number of rotatable bonds is 1. The number of fused-ring (bicyclic) bond motifs is 2. The monoisotopic (exact) mass is 139 g/mol. The van der Waals surface area contributed by atoms with Crippen LogP contribution in [-0.4, -0.2) is 24.0 Å². The molecule has 1 aliphatic carbocycles. The third-order valence-corrected chi connectivity index (χ3v) is 3.51. The summed E-state index contributed by atoms with van der Waals surface area (Å²) in [5.74, 6) is 1.06. The lowest BCUT2D eigenvalue weighted by Gasteiger charge is -2.30. The van der Waals surface area contributed by atoms with Crippen LogP contribution < -0.4 is 0 Å². The number of hydrogen-bond donors (Lipinski definition) is 0. The Bertz CT molecular complexity index is 131. The summed E-state index contributed by atoms with van der Waals surface area (Å²) in [6.07, 6.45) is 5.83. The van der Waals surface area contributed by atoms with Gasteiger partial charge < -0.3 is 4.90 Å². The van der Waals surface area contributed by atoms with Crippen molar-refractivity contribution in [2.24, 2.45) is 5.92 Å². The van der Waals surface area contributed by atoms with Crippen molar-refractivity contribution < 1.29 is 0 Å². The van der Waals surface area contributed by atoms with Gasteiger partial charge in [-0.15, -0.1) is 0 Å². The summed E-state index contributed by atoms with van der Waals surface area (Å²) in [6.45, 7) is 2.32. The van der Waals surface area contributed by atoms with Gasteiger partial charge in [-0.25, -0.2) is 0 Å². The Morgan fingerprint density at radius 1 is 1.40 bits per heavy atom. The van der Waals surface area contributed by atoms with Gasteiger partial charge in [-0.1, -0.05) is 6.92 Å². The highest BCUT2D eigenvalue weighted by molar-refractivity contribution is 4.97. The summed E-state index contributed by atoms with van der Waals surface area (Å²) >= 11 is 0. The molecule has 2 fully saturated rings. The maximum absolute atomic E-state index is 2.61. The van der Waals surface area contributed by atoms with Crippen LogP contribution in [0.15, 0.2) is 0 Å². The minimum atomic E-state index is 0.929. The molecule has 1 saturated carbocycles. The number of hydrogen-bond acceptors (Lipinski definition) is 1. The van der Waals surface area contributed by atoms with Crippen LogP contribution in [0, 0.1) is 5.92 Å². The average Bonchev–Trinajstić information content (AvgIpc) is 2.46. The summed E-state index contributed by atoms with van der Waals surface area (Å²) < 4.78 is 0. The Morgan fingerprint density at radius 3 is 2.60 bits per heavy atom. The second-order valence-corrected chi connectivity index (χ2v) is 3.87. The quantitative estimate of drug-likeness (QED) is 0.536. The van der Waals surface area contributed by atoms with E-state index in [1.165, 1.54) is 25.7 Å². The molecule has 3 atom stereocenters. The van der Waals surface area contributed by atoms with Crippen LogP contribution in [0.5, 0.6) is 0 Å². The lowest BCUT2D eigenvalue weighted by atomic mass is 9.97. The van der Waals surface area contributed by atoms with Crippen LogP contribution in [0.3, 0.4) is 0 Å². The Balaban J connectivity index is 2.10. The zero-order valence-electron chi connectivity index (χ0n) is 7.01. The van der Waals surface area contributed by atoms with Crippen molar-refractivity contribution in [3.63, 3.8) is 0 Å². The molecule has 0 spiro atoms. The van der Waals surface area contributed by atoms with E-state index in [0.717, 1.165) is 18.0 Å². The van der Waals surface area contributed by atoms with Crippen molar-refractivity contribution in [2.45, 2.75) is 44.7 Å². The van der Waals surface area contributed by atoms with E-state index in [9.17, 15) is 0 Å². The summed E-state index contributed by atoms with van der Waals surface area (Å²) in [5, 5.41) is 0. The zero-order chi connectivity index (χ0) is 7.14. The molecule has 10 heavy (non-hydrogen) atoms. The van der Waals surface area contributed by atoms with E-state index in [-0.39, 0.29) is 0 Å². The Kier molecular flexibility index (Phi) is 1.48. The van der Waals surface area contributed by atoms with Gasteiger partial charge in [-0.3, -0.25) is 0 Å². The molecule has 58 valence electrons. The molecular weight excluding hydrogens is 122 g/mol. The van der Waals surface area contributed by atoms with Crippen molar-refractivity contribution >= 4 is 0 Å². The fraction of sp³-hybridized carbons (Fsp3) is 1.00. The fourth-order valence-electron chi connectivity index (χ4n) is 2.94. The van der Waals surface area contributed by atoms with E-state index >= 15 is 0 Å². The molecule has 2 aliphatic rings. The van der Waals surface area contributed by atoms with Gasteiger partial charge in [-0.05, 0) is 38.6 Å². The maximum Gasteiger partial charge on any atom is 0.0121 e. The van der Waals surface area contributed by atoms with Gasteiger partial charge in [0.25, 0.3) is 0 Å². The van der Waals surface area contributed by atoms with E-state index in [4.69, 9.17) is 0 Å². The van der Waals surface area contributed by atoms with E-state index in [1.54, 1.807) is 0 Å². The molecule has 0 aromatic carbocycles. The fourth-order valence-corrected chi connectivity index (χ4v) is 2.94. The van der Waals surface area contributed by atoms with Crippen molar-refractivity contribution in [3.8, 4) is 0 Å². The normalized spacial score (nSPS) is 46.8. The Labute approximate surface area is 63.4 Å². The number of likely N-dealkylation sites (tertiary alicyclic amines) is 1. The van der Waals surface area contributed by atoms with Crippen LogP contribution >= 0.6 is 0 Å². The van der Waals surface area contributed by atoms with Crippen LogP contribution in [0.1, 0.15) is 32.6 Å². The minimum absolute atomic E-state index is 0.929. The van der Waals surface area contributed by atoms with Crippen molar-refractivity contribution in [2.75, 3.05) is 7.05 Å². The van der Waals surface area contributed by atoms with E-state index < -0.39 is 0 Å². The first-order chi connectivity index (χ1) is 4.83. The van der Waals surface area contributed by atoms with Gasteiger partial charge in [0.05, 0.1) is 0 Å². The van der Waals surface area contributed by atoms with Gasteiger partial charge in [-0.2, -0.15) is 0 Å². The van der Waals surface area contributed by atoms with Crippen molar-refractivity contribution in [3.05, 3.63) is 0 Å². The van der Waals surface area contributed by atoms with Gasteiger partial charge in [0.15, 0.2) is 0 Å². The summed E-state index contributed by atoms with van der Waals surface area (Å²) in [7, 11) is 2.30. The van der Waals surface area contributed by atoms with Crippen molar-refractivity contribution in [1.82, 2.24) is 4.90 Å².